The van der Waals surface area contributed by atoms with Crippen molar-refractivity contribution in [2.24, 2.45) is 5.92 Å². The van der Waals surface area contributed by atoms with E-state index in [-0.39, 0.29) is 18.4 Å². The first-order chi connectivity index (χ1) is 8.47. The van der Waals surface area contributed by atoms with Crippen LogP contribution in [0.25, 0.3) is 0 Å². The van der Waals surface area contributed by atoms with Gasteiger partial charge in [0, 0.05) is 23.1 Å². The monoisotopic (exact) mass is 314 g/mol. The number of urea groups is 1. The van der Waals surface area contributed by atoms with Gasteiger partial charge in [0.25, 0.3) is 0 Å². The van der Waals surface area contributed by atoms with Crippen LogP contribution in [0.4, 0.5) is 10.5 Å². The summed E-state index contributed by atoms with van der Waals surface area (Å²) in [5.41, 5.74) is 0.674. The molecule has 0 saturated heterocycles. The van der Waals surface area contributed by atoms with Gasteiger partial charge in [-0.15, -0.1) is 0 Å². The van der Waals surface area contributed by atoms with Gasteiger partial charge in [0.2, 0.25) is 0 Å². The lowest BCUT2D eigenvalue weighted by Gasteiger charge is -2.11. The first-order valence-electron chi connectivity index (χ1n) is 5.49. The van der Waals surface area contributed by atoms with Crippen molar-refractivity contribution in [3.63, 3.8) is 0 Å². The van der Waals surface area contributed by atoms with Crippen molar-refractivity contribution in [1.82, 2.24) is 5.32 Å². The van der Waals surface area contributed by atoms with Gasteiger partial charge in [0.15, 0.2) is 0 Å². The Kier molecular flexibility index (Phi) is 5.64. The maximum absolute atomic E-state index is 11.5. The number of hydrogen-bond acceptors (Lipinski definition) is 2. The fraction of sp³-hybridized carbons (Fsp3) is 0.333. The van der Waals surface area contributed by atoms with Gasteiger partial charge < -0.3 is 15.7 Å². The van der Waals surface area contributed by atoms with Crippen LogP contribution in [0.3, 0.4) is 0 Å². The number of carboxylic acids is 1. The van der Waals surface area contributed by atoms with E-state index in [0.717, 1.165) is 4.47 Å². The molecule has 1 aromatic rings. The van der Waals surface area contributed by atoms with Crippen molar-refractivity contribution in [2.45, 2.75) is 13.3 Å². The van der Waals surface area contributed by atoms with Crippen molar-refractivity contribution in [3.8, 4) is 0 Å². The quantitative estimate of drug-likeness (QED) is 0.781. The van der Waals surface area contributed by atoms with Gasteiger partial charge >= 0.3 is 12.0 Å². The Morgan fingerprint density at radius 1 is 1.44 bits per heavy atom. The first kappa shape index (κ1) is 14.5. The Morgan fingerprint density at radius 2 is 2.17 bits per heavy atom. The summed E-state index contributed by atoms with van der Waals surface area (Å²) in [6.07, 6.45) is 0.0389. The van der Waals surface area contributed by atoms with Gasteiger partial charge in [0.05, 0.1) is 0 Å². The molecule has 18 heavy (non-hydrogen) atoms. The molecule has 1 atom stereocenters. The van der Waals surface area contributed by atoms with Crippen molar-refractivity contribution in [1.29, 1.82) is 0 Å². The highest BCUT2D eigenvalue weighted by Gasteiger charge is 2.09. The third-order valence-corrected chi connectivity index (χ3v) is 2.71. The van der Waals surface area contributed by atoms with Crippen molar-refractivity contribution in [3.05, 3.63) is 28.7 Å². The summed E-state index contributed by atoms with van der Waals surface area (Å²) in [6.45, 7) is 2.10. The van der Waals surface area contributed by atoms with Crippen LogP contribution >= 0.6 is 15.9 Å². The predicted octanol–water partition coefficient (Wildman–Crippen LogP) is 2.68. The molecule has 3 N–H and O–H groups in total. The van der Waals surface area contributed by atoms with Crippen LogP contribution < -0.4 is 10.6 Å². The molecule has 1 unspecified atom stereocenters. The molecule has 98 valence electrons. The van der Waals surface area contributed by atoms with Crippen LogP contribution in [0, 0.1) is 5.92 Å². The van der Waals surface area contributed by atoms with E-state index in [1.54, 1.807) is 19.1 Å². The van der Waals surface area contributed by atoms with Gasteiger partial charge in [-0.25, -0.2) is 4.79 Å². The summed E-state index contributed by atoms with van der Waals surface area (Å²) < 4.78 is 0.875. The molecule has 0 aliphatic carbocycles. The highest BCUT2D eigenvalue weighted by atomic mass is 79.9. The standard InChI is InChI=1S/C12H15BrN2O3/c1-8(5-11(16)17)7-14-12(18)15-10-4-2-3-9(13)6-10/h2-4,6,8H,5,7H2,1H3,(H,16,17)(H2,14,15,18). The average molecular weight is 315 g/mol. The summed E-state index contributed by atoms with van der Waals surface area (Å²) in [5, 5.41) is 13.9. The number of amides is 2. The fourth-order valence-corrected chi connectivity index (χ4v) is 1.78. The summed E-state index contributed by atoms with van der Waals surface area (Å²) in [6, 6.07) is 6.88. The molecule has 1 aromatic carbocycles. The molecule has 1 rings (SSSR count). The summed E-state index contributed by atoms with van der Waals surface area (Å²) in [5.74, 6) is -0.965. The fourth-order valence-electron chi connectivity index (χ4n) is 1.38. The van der Waals surface area contributed by atoms with Crippen LogP contribution in [0.2, 0.25) is 0 Å². The lowest BCUT2D eigenvalue weighted by Crippen LogP contribution is -2.32. The van der Waals surface area contributed by atoms with Gasteiger partial charge in [-0.2, -0.15) is 0 Å². The molecule has 0 heterocycles. The molecule has 0 saturated carbocycles. The minimum absolute atomic E-state index is 0.0389. The molecular formula is C12H15BrN2O3. The molecule has 0 bridgehead atoms. The number of halogens is 1. The number of anilines is 1. The molecule has 2 amide bonds. The molecule has 0 fully saturated rings. The Bertz CT molecular complexity index is 437. The second-order valence-corrected chi connectivity index (χ2v) is 4.96. The summed E-state index contributed by atoms with van der Waals surface area (Å²) >= 11 is 3.30. The van der Waals surface area contributed by atoms with Crippen LogP contribution in [-0.4, -0.2) is 23.7 Å². The molecule has 0 spiro atoms. The highest BCUT2D eigenvalue weighted by molar-refractivity contribution is 9.10. The molecule has 5 nitrogen and oxygen atoms in total. The van der Waals surface area contributed by atoms with Crippen molar-refractivity contribution in [2.75, 3.05) is 11.9 Å². The molecular weight excluding hydrogens is 300 g/mol. The third kappa shape index (κ3) is 5.67. The van der Waals surface area contributed by atoms with Gasteiger partial charge in [-0.1, -0.05) is 28.9 Å². The number of aliphatic carboxylic acids is 1. The van der Waals surface area contributed by atoms with Crippen LogP contribution in [0.1, 0.15) is 13.3 Å². The highest BCUT2D eigenvalue weighted by Crippen LogP contribution is 2.15. The maximum Gasteiger partial charge on any atom is 0.319 e. The number of rotatable bonds is 5. The zero-order chi connectivity index (χ0) is 13.5. The molecule has 0 aliphatic heterocycles. The Morgan fingerprint density at radius 3 is 2.78 bits per heavy atom. The lowest BCUT2D eigenvalue weighted by molar-refractivity contribution is -0.137. The van der Waals surface area contributed by atoms with E-state index in [9.17, 15) is 9.59 Å². The summed E-state index contributed by atoms with van der Waals surface area (Å²) in [4.78, 5) is 22.0. The van der Waals surface area contributed by atoms with Crippen LogP contribution in [-0.2, 0) is 4.79 Å². The molecule has 0 radical (unpaired) electrons. The van der Waals surface area contributed by atoms with Crippen molar-refractivity contribution >= 4 is 33.6 Å². The van der Waals surface area contributed by atoms with Gasteiger partial charge in [0.1, 0.15) is 0 Å². The van der Waals surface area contributed by atoms with E-state index in [4.69, 9.17) is 5.11 Å². The third-order valence-electron chi connectivity index (χ3n) is 2.22. The number of hydrogen-bond donors (Lipinski definition) is 3. The second kappa shape index (κ2) is 7.00. The normalized spacial score (nSPS) is 11.7. The van der Waals surface area contributed by atoms with E-state index in [1.165, 1.54) is 0 Å². The van der Waals surface area contributed by atoms with Gasteiger partial charge in [-0.05, 0) is 24.1 Å². The molecule has 0 aliphatic rings. The number of benzene rings is 1. The topological polar surface area (TPSA) is 78.4 Å². The minimum atomic E-state index is -0.864. The van der Waals surface area contributed by atoms with E-state index in [1.807, 2.05) is 12.1 Å². The number of carbonyl (C=O) groups is 2. The predicted molar refractivity (Wildman–Crippen MR) is 72.6 cm³/mol. The largest absolute Gasteiger partial charge is 0.481 e. The van der Waals surface area contributed by atoms with Gasteiger partial charge in [-0.3, -0.25) is 4.79 Å². The van der Waals surface area contributed by atoms with E-state index < -0.39 is 5.97 Å². The van der Waals surface area contributed by atoms with Crippen LogP contribution in [0.5, 0.6) is 0 Å². The Hall–Kier alpha value is -1.56. The Labute approximate surface area is 114 Å². The SMILES string of the molecule is CC(CNC(=O)Nc1cccc(Br)c1)CC(=O)O. The van der Waals surface area contributed by atoms with E-state index in [2.05, 4.69) is 26.6 Å². The smallest absolute Gasteiger partial charge is 0.319 e. The summed E-state index contributed by atoms with van der Waals surface area (Å²) in [7, 11) is 0. The molecule has 0 aromatic heterocycles. The molecule has 6 heteroatoms. The van der Waals surface area contributed by atoms with Crippen molar-refractivity contribution < 1.29 is 14.7 Å². The number of carbonyl (C=O) groups excluding carboxylic acids is 1. The van der Waals surface area contributed by atoms with Crippen LogP contribution in [0.15, 0.2) is 28.7 Å². The van der Waals surface area contributed by atoms with E-state index in [0.29, 0.717) is 12.2 Å². The second-order valence-electron chi connectivity index (χ2n) is 4.05. The maximum atomic E-state index is 11.5. The Balaban J connectivity index is 2.36. The van der Waals surface area contributed by atoms with E-state index >= 15 is 0 Å². The minimum Gasteiger partial charge on any atom is -0.481 e. The number of nitrogens with one attached hydrogen (secondary N) is 2. The first-order valence-corrected chi connectivity index (χ1v) is 6.29. The lowest BCUT2D eigenvalue weighted by atomic mass is 10.1. The zero-order valence-electron chi connectivity index (χ0n) is 9.94. The zero-order valence-corrected chi connectivity index (χ0v) is 11.5. The average Bonchev–Trinajstić information content (AvgIpc) is 2.25. The number of carboxylic acid groups (broad SMARTS) is 1.